The summed E-state index contributed by atoms with van der Waals surface area (Å²) in [7, 11) is 0. The largest absolute Gasteiger partial charge is 0.385 e. The molecule has 0 radical (unpaired) electrons. The van der Waals surface area contributed by atoms with Crippen molar-refractivity contribution in [2.24, 2.45) is 5.41 Å². The molecular weight excluding hydrogens is 268 g/mol. The molecule has 22 heavy (non-hydrogen) atoms. The Bertz CT molecular complexity index is 677. The van der Waals surface area contributed by atoms with Crippen LogP contribution in [0.4, 0.5) is 0 Å². The molecule has 1 atom stereocenters. The maximum absolute atomic E-state index is 11.0. The van der Waals surface area contributed by atoms with Crippen LogP contribution in [0.3, 0.4) is 0 Å². The average Bonchev–Trinajstić information content (AvgIpc) is 2.72. The highest BCUT2D eigenvalue weighted by molar-refractivity contribution is 5.84. The standard InChI is InChI=1S/C21H28O/c1-19(2,3)16-8-7-14-11-15-13-21(22,20(4,5)6)10-9-17(15)18(14)12-16/h7-10,12,22H,11,13H2,1-6H3. The first kappa shape index (κ1) is 15.6. The molecule has 0 aliphatic heterocycles. The third-order valence-electron chi connectivity index (χ3n) is 5.36. The average molecular weight is 296 g/mol. The third-order valence-corrected chi connectivity index (χ3v) is 5.36. The Morgan fingerprint density at radius 3 is 2.32 bits per heavy atom. The number of allylic oxidation sites excluding steroid dienone is 2. The number of benzene rings is 1. The fourth-order valence-corrected chi connectivity index (χ4v) is 3.45. The molecule has 1 unspecified atom stereocenters. The first-order chi connectivity index (χ1) is 10.0. The van der Waals surface area contributed by atoms with Gasteiger partial charge >= 0.3 is 0 Å². The van der Waals surface area contributed by atoms with Gasteiger partial charge in [-0.05, 0) is 39.5 Å². The lowest BCUT2D eigenvalue weighted by Gasteiger charge is -2.40. The van der Waals surface area contributed by atoms with Gasteiger partial charge in [0.25, 0.3) is 0 Å². The van der Waals surface area contributed by atoms with Crippen LogP contribution < -0.4 is 0 Å². The highest BCUT2D eigenvalue weighted by Gasteiger charge is 2.41. The third kappa shape index (κ3) is 2.36. The van der Waals surface area contributed by atoms with Crippen LogP contribution >= 0.6 is 0 Å². The van der Waals surface area contributed by atoms with Crippen molar-refractivity contribution in [3.8, 4) is 0 Å². The van der Waals surface area contributed by atoms with Crippen LogP contribution in [0.5, 0.6) is 0 Å². The van der Waals surface area contributed by atoms with Gasteiger partial charge in [0.15, 0.2) is 0 Å². The molecule has 0 saturated carbocycles. The van der Waals surface area contributed by atoms with Gasteiger partial charge in [-0.2, -0.15) is 0 Å². The SMILES string of the molecule is CC(C)(C)c1ccc2c(c1)C1=C(C2)CC(O)(C(C)(C)C)C=C1. The van der Waals surface area contributed by atoms with Crippen LogP contribution in [0, 0.1) is 5.41 Å². The van der Waals surface area contributed by atoms with Gasteiger partial charge in [0, 0.05) is 6.42 Å². The lowest BCUT2D eigenvalue weighted by Crippen LogP contribution is -2.42. The molecule has 0 aromatic heterocycles. The van der Waals surface area contributed by atoms with Gasteiger partial charge in [-0.3, -0.25) is 0 Å². The molecule has 1 aromatic rings. The first-order valence-electron chi connectivity index (χ1n) is 8.29. The molecule has 1 nitrogen and oxygen atoms in total. The summed E-state index contributed by atoms with van der Waals surface area (Å²) in [5, 5.41) is 11.0. The van der Waals surface area contributed by atoms with Crippen LogP contribution in [-0.2, 0) is 11.8 Å². The van der Waals surface area contributed by atoms with E-state index in [4.69, 9.17) is 0 Å². The molecule has 0 spiro atoms. The van der Waals surface area contributed by atoms with Crippen molar-refractivity contribution in [3.63, 3.8) is 0 Å². The van der Waals surface area contributed by atoms with Crippen molar-refractivity contribution >= 4 is 5.57 Å². The summed E-state index contributed by atoms with van der Waals surface area (Å²) >= 11 is 0. The smallest absolute Gasteiger partial charge is 0.0916 e. The molecule has 1 aromatic carbocycles. The van der Waals surface area contributed by atoms with E-state index in [-0.39, 0.29) is 10.8 Å². The van der Waals surface area contributed by atoms with E-state index in [1.807, 2.05) is 6.08 Å². The summed E-state index contributed by atoms with van der Waals surface area (Å²) in [5.74, 6) is 0. The van der Waals surface area contributed by atoms with E-state index >= 15 is 0 Å². The number of fused-ring (bicyclic) bond motifs is 2. The van der Waals surface area contributed by atoms with Gasteiger partial charge in [-0.1, -0.05) is 77.5 Å². The molecule has 0 amide bonds. The Hall–Kier alpha value is -1.34. The fraction of sp³-hybridized carbons (Fsp3) is 0.524. The van der Waals surface area contributed by atoms with E-state index in [1.165, 1.54) is 27.8 Å². The molecular formula is C21H28O. The van der Waals surface area contributed by atoms with E-state index in [9.17, 15) is 5.11 Å². The van der Waals surface area contributed by atoms with Crippen LogP contribution in [-0.4, -0.2) is 10.7 Å². The molecule has 0 heterocycles. The van der Waals surface area contributed by atoms with Crippen molar-refractivity contribution in [2.75, 3.05) is 0 Å². The van der Waals surface area contributed by atoms with E-state index in [1.54, 1.807) is 0 Å². The monoisotopic (exact) mass is 296 g/mol. The number of aliphatic hydroxyl groups is 1. The van der Waals surface area contributed by atoms with Crippen molar-refractivity contribution < 1.29 is 5.11 Å². The highest BCUT2D eigenvalue weighted by Crippen LogP contribution is 2.47. The molecule has 0 bridgehead atoms. The molecule has 0 saturated heterocycles. The van der Waals surface area contributed by atoms with Crippen LogP contribution in [0.1, 0.15) is 64.7 Å². The molecule has 2 aliphatic carbocycles. The number of hydrogen-bond acceptors (Lipinski definition) is 1. The topological polar surface area (TPSA) is 20.2 Å². The second-order valence-electron chi connectivity index (χ2n) is 9.00. The fourth-order valence-electron chi connectivity index (χ4n) is 3.45. The second-order valence-corrected chi connectivity index (χ2v) is 9.00. The van der Waals surface area contributed by atoms with Gasteiger partial charge in [0.2, 0.25) is 0 Å². The van der Waals surface area contributed by atoms with Gasteiger partial charge < -0.3 is 5.11 Å². The summed E-state index contributed by atoms with van der Waals surface area (Å²) in [4.78, 5) is 0. The molecule has 1 heteroatoms. The minimum absolute atomic E-state index is 0.145. The van der Waals surface area contributed by atoms with Gasteiger partial charge in [-0.15, -0.1) is 0 Å². The van der Waals surface area contributed by atoms with Gasteiger partial charge in [0.05, 0.1) is 5.60 Å². The summed E-state index contributed by atoms with van der Waals surface area (Å²) in [5.41, 5.74) is 6.17. The zero-order valence-electron chi connectivity index (χ0n) is 14.7. The molecule has 0 fully saturated rings. The van der Waals surface area contributed by atoms with Crippen molar-refractivity contribution in [1.29, 1.82) is 0 Å². The maximum Gasteiger partial charge on any atom is 0.0916 e. The van der Waals surface area contributed by atoms with E-state index < -0.39 is 5.60 Å². The quantitative estimate of drug-likeness (QED) is 0.712. The molecule has 2 aliphatic rings. The summed E-state index contributed by atoms with van der Waals surface area (Å²) in [6.07, 6.45) is 5.91. The zero-order chi connectivity index (χ0) is 16.3. The van der Waals surface area contributed by atoms with Crippen molar-refractivity contribution in [3.05, 3.63) is 52.6 Å². The summed E-state index contributed by atoms with van der Waals surface area (Å²) in [6, 6.07) is 6.89. The summed E-state index contributed by atoms with van der Waals surface area (Å²) < 4.78 is 0. The van der Waals surface area contributed by atoms with Crippen molar-refractivity contribution in [1.82, 2.24) is 0 Å². The normalized spacial score (nSPS) is 24.5. The number of rotatable bonds is 0. The van der Waals surface area contributed by atoms with Crippen LogP contribution in [0.2, 0.25) is 0 Å². The second kappa shape index (κ2) is 4.58. The predicted molar refractivity (Wildman–Crippen MR) is 93.9 cm³/mol. The summed E-state index contributed by atoms with van der Waals surface area (Å²) in [6.45, 7) is 13.1. The maximum atomic E-state index is 11.0. The Morgan fingerprint density at radius 2 is 1.73 bits per heavy atom. The minimum atomic E-state index is -0.735. The molecule has 3 rings (SSSR count). The van der Waals surface area contributed by atoms with Crippen LogP contribution in [0.25, 0.3) is 5.57 Å². The van der Waals surface area contributed by atoms with E-state index in [0.29, 0.717) is 0 Å². The first-order valence-corrected chi connectivity index (χ1v) is 8.29. The molecule has 1 N–H and O–H groups in total. The van der Waals surface area contributed by atoms with Crippen molar-refractivity contribution in [2.45, 2.75) is 65.4 Å². The zero-order valence-corrected chi connectivity index (χ0v) is 14.7. The number of hydrogen-bond donors (Lipinski definition) is 1. The Labute approximate surface area is 134 Å². The Balaban J connectivity index is 2.00. The molecule has 118 valence electrons. The minimum Gasteiger partial charge on any atom is -0.385 e. The lowest BCUT2D eigenvalue weighted by atomic mass is 9.70. The lowest BCUT2D eigenvalue weighted by molar-refractivity contribution is -0.0141. The van der Waals surface area contributed by atoms with E-state index in [0.717, 1.165) is 12.8 Å². The predicted octanol–water partition coefficient (Wildman–Crippen LogP) is 5.03. The van der Waals surface area contributed by atoms with Crippen LogP contribution in [0.15, 0.2) is 35.9 Å². The van der Waals surface area contributed by atoms with Gasteiger partial charge in [0.1, 0.15) is 0 Å². The van der Waals surface area contributed by atoms with Gasteiger partial charge in [-0.25, -0.2) is 0 Å². The Kier molecular flexibility index (Phi) is 3.24. The van der Waals surface area contributed by atoms with E-state index in [2.05, 4.69) is 65.8 Å². The Morgan fingerprint density at radius 1 is 1.05 bits per heavy atom. The highest BCUT2D eigenvalue weighted by atomic mass is 16.3.